The zero-order valence-electron chi connectivity index (χ0n) is 12.4. The highest BCUT2D eigenvalue weighted by atomic mass is 15.2. The van der Waals surface area contributed by atoms with Crippen LogP contribution in [0.15, 0.2) is 24.3 Å². The van der Waals surface area contributed by atoms with E-state index in [2.05, 4.69) is 43.0 Å². The third-order valence-electron chi connectivity index (χ3n) is 4.03. The predicted octanol–water partition coefficient (Wildman–Crippen LogP) is 3.37. The summed E-state index contributed by atoms with van der Waals surface area (Å²) in [7, 11) is 0. The third-order valence-corrected chi connectivity index (χ3v) is 4.03. The molecule has 2 N–H and O–H groups in total. The highest BCUT2D eigenvalue weighted by Gasteiger charge is 2.22. The van der Waals surface area contributed by atoms with E-state index in [1.54, 1.807) is 0 Å². The summed E-state index contributed by atoms with van der Waals surface area (Å²) >= 11 is 0. The van der Waals surface area contributed by atoms with Crippen LogP contribution < -0.4 is 5.73 Å². The van der Waals surface area contributed by atoms with Gasteiger partial charge in [0.15, 0.2) is 0 Å². The molecule has 1 saturated heterocycles. The van der Waals surface area contributed by atoms with Crippen LogP contribution in [0.5, 0.6) is 0 Å². The van der Waals surface area contributed by atoms with Crippen LogP contribution in [0.3, 0.4) is 0 Å². The Kier molecular flexibility index (Phi) is 5.41. The first-order chi connectivity index (χ1) is 9.20. The van der Waals surface area contributed by atoms with Gasteiger partial charge in [0.25, 0.3) is 0 Å². The van der Waals surface area contributed by atoms with E-state index in [-0.39, 0.29) is 0 Å². The number of rotatable bonds is 6. The molecule has 0 radical (unpaired) electrons. The Labute approximate surface area is 118 Å². The molecule has 1 fully saturated rings. The number of likely N-dealkylation sites (tertiary alicyclic amines) is 1. The monoisotopic (exact) mass is 260 g/mol. The largest absolute Gasteiger partial charge is 0.330 e. The summed E-state index contributed by atoms with van der Waals surface area (Å²) in [4.78, 5) is 2.60. The molecule has 1 aliphatic heterocycles. The second-order valence-corrected chi connectivity index (χ2v) is 6.18. The molecule has 1 unspecified atom stereocenters. The Morgan fingerprint density at radius 2 is 1.74 bits per heavy atom. The van der Waals surface area contributed by atoms with E-state index in [1.807, 2.05) is 0 Å². The molecular weight excluding hydrogens is 232 g/mol. The summed E-state index contributed by atoms with van der Waals surface area (Å²) in [6.07, 6.45) is 4.92. The van der Waals surface area contributed by atoms with Gasteiger partial charge in [0, 0.05) is 6.04 Å². The molecule has 0 amide bonds. The first-order valence-electron chi connectivity index (χ1n) is 7.73. The van der Waals surface area contributed by atoms with Crippen molar-refractivity contribution in [1.82, 2.24) is 4.90 Å². The van der Waals surface area contributed by atoms with Crippen LogP contribution in [0.1, 0.15) is 50.3 Å². The first-order valence-corrected chi connectivity index (χ1v) is 7.73. The molecular formula is C17H28N2. The SMILES string of the molecule is CC(C)Cc1ccc(C(CCN)N2CCCC2)cc1. The van der Waals surface area contributed by atoms with E-state index in [0.717, 1.165) is 18.9 Å². The highest BCUT2D eigenvalue weighted by Crippen LogP contribution is 2.28. The van der Waals surface area contributed by atoms with Gasteiger partial charge in [-0.1, -0.05) is 38.1 Å². The van der Waals surface area contributed by atoms with Gasteiger partial charge in [-0.3, -0.25) is 4.90 Å². The van der Waals surface area contributed by atoms with Crippen molar-refractivity contribution in [3.8, 4) is 0 Å². The Morgan fingerprint density at radius 1 is 1.11 bits per heavy atom. The Hall–Kier alpha value is -0.860. The molecule has 1 atom stereocenters. The molecule has 2 nitrogen and oxygen atoms in total. The Balaban J connectivity index is 2.08. The number of nitrogens with zero attached hydrogens (tertiary/aromatic N) is 1. The molecule has 19 heavy (non-hydrogen) atoms. The zero-order chi connectivity index (χ0) is 13.7. The van der Waals surface area contributed by atoms with Gasteiger partial charge in [-0.2, -0.15) is 0 Å². The number of benzene rings is 1. The Bertz CT molecular complexity index is 363. The molecule has 1 aromatic rings. The lowest BCUT2D eigenvalue weighted by molar-refractivity contribution is 0.236. The van der Waals surface area contributed by atoms with E-state index in [0.29, 0.717) is 6.04 Å². The number of hydrogen-bond donors (Lipinski definition) is 1. The predicted molar refractivity (Wildman–Crippen MR) is 82.2 cm³/mol. The maximum absolute atomic E-state index is 5.80. The lowest BCUT2D eigenvalue weighted by Gasteiger charge is -2.27. The van der Waals surface area contributed by atoms with Gasteiger partial charge in [0.1, 0.15) is 0 Å². The molecule has 0 saturated carbocycles. The van der Waals surface area contributed by atoms with Crippen LogP contribution in [0.4, 0.5) is 0 Å². The second kappa shape index (κ2) is 7.06. The van der Waals surface area contributed by atoms with Gasteiger partial charge in [0.05, 0.1) is 0 Å². The van der Waals surface area contributed by atoms with Crippen molar-refractivity contribution in [3.05, 3.63) is 35.4 Å². The zero-order valence-corrected chi connectivity index (χ0v) is 12.4. The number of nitrogens with two attached hydrogens (primary N) is 1. The maximum atomic E-state index is 5.80. The lowest BCUT2D eigenvalue weighted by atomic mass is 9.97. The van der Waals surface area contributed by atoms with Crippen LogP contribution >= 0.6 is 0 Å². The van der Waals surface area contributed by atoms with Gasteiger partial charge < -0.3 is 5.73 Å². The van der Waals surface area contributed by atoms with Crippen molar-refractivity contribution < 1.29 is 0 Å². The van der Waals surface area contributed by atoms with Crippen molar-refractivity contribution in [2.45, 2.75) is 45.6 Å². The van der Waals surface area contributed by atoms with E-state index < -0.39 is 0 Å². The lowest BCUT2D eigenvalue weighted by Crippen LogP contribution is -2.27. The molecule has 0 aromatic heterocycles. The average Bonchev–Trinajstić information content (AvgIpc) is 2.90. The third kappa shape index (κ3) is 4.05. The topological polar surface area (TPSA) is 29.3 Å². The van der Waals surface area contributed by atoms with Crippen LogP contribution in [-0.2, 0) is 6.42 Å². The fourth-order valence-electron chi connectivity index (χ4n) is 3.12. The Morgan fingerprint density at radius 3 is 2.26 bits per heavy atom. The van der Waals surface area contributed by atoms with Gasteiger partial charge in [-0.15, -0.1) is 0 Å². The molecule has 0 bridgehead atoms. The van der Waals surface area contributed by atoms with Crippen molar-refractivity contribution >= 4 is 0 Å². The van der Waals surface area contributed by atoms with Gasteiger partial charge in [-0.05, 0) is 62.4 Å². The minimum absolute atomic E-state index is 0.528. The molecule has 0 spiro atoms. The smallest absolute Gasteiger partial charge is 0.0360 e. The van der Waals surface area contributed by atoms with Gasteiger partial charge in [0.2, 0.25) is 0 Å². The summed E-state index contributed by atoms with van der Waals surface area (Å²) in [6.45, 7) is 7.79. The summed E-state index contributed by atoms with van der Waals surface area (Å²) in [5.41, 5.74) is 8.70. The van der Waals surface area contributed by atoms with E-state index in [1.165, 1.54) is 43.5 Å². The van der Waals surface area contributed by atoms with Gasteiger partial charge >= 0.3 is 0 Å². The van der Waals surface area contributed by atoms with E-state index >= 15 is 0 Å². The molecule has 0 aliphatic carbocycles. The summed E-state index contributed by atoms with van der Waals surface area (Å²) in [6, 6.07) is 9.76. The molecule has 1 aromatic carbocycles. The van der Waals surface area contributed by atoms with Crippen molar-refractivity contribution in [3.63, 3.8) is 0 Å². The molecule has 1 heterocycles. The van der Waals surface area contributed by atoms with Crippen LogP contribution in [0.2, 0.25) is 0 Å². The van der Waals surface area contributed by atoms with Crippen molar-refractivity contribution in [2.24, 2.45) is 11.7 Å². The molecule has 1 aliphatic rings. The minimum Gasteiger partial charge on any atom is -0.330 e. The summed E-state index contributed by atoms with van der Waals surface area (Å²) < 4.78 is 0. The first kappa shape index (κ1) is 14.5. The average molecular weight is 260 g/mol. The molecule has 2 heteroatoms. The van der Waals surface area contributed by atoms with E-state index in [9.17, 15) is 0 Å². The van der Waals surface area contributed by atoms with Crippen LogP contribution in [-0.4, -0.2) is 24.5 Å². The van der Waals surface area contributed by atoms with Crippen LogP contribution in [0.25, 0.3) is 0 Å². The van der Waals surface area contributed by atoms with Gasteiger partial charge in [-0.25, -0.2) is 0 Å². The summed E-state index contributed by atoms with van der Waals surface area (Å²) in [5, 5.41) is 0. The maximum Gasteiger partial charge on any atom is 0.0360 e. The fourth-order valence-corrected chi connectivity index (χ4v) is 3.12. The highest BCUT2D eigenvalue weighted by molar-refractivity contribution is 5.25. The quantitative estimate of drug-likeness (QED) is 0.849. The van der Waals surface area contributed by atoms with E-state index in [4.69, 9.17) is 5.73 Å². The standard InChI is InChI=1S/C17H28N2/c1-14(2)13-15-5-7-16(8-6-15)17(9-10-18)19-11-3-4-12-19/h5-8,14,17H,3-4,9-13,18H2,1-2H3. The normalized spacial score (nSPS) is 18.1. The molecule has 2 rings (SSSR count). The second-order valence-electron chi connectivity index (χ2n) is 6.18. The van der Waals surface area contributed by atoms with Crippen LogP contribution in [0, 0.1) is 5.92 Å². The van der Waals surface area contributed by atoms with Crippen molar-refractivity contribution in [1.29, 1.82) is 0 Å². The molecule has 106 valence electrons. The van der Waals surface area contributed by atoms with Crippen molar-refractivity contribution in [2.75, 3.05) is 19.6 Å². The number of hydrogen-bond acceptors (Lipinski definition) is 2. The summed E-state index contributed by atoms with van der Waals surface area (Å²) in [5.74, 6) is 0.726. The minimum atomic E-state index is 0.528. The fraction of sp³-hybridized carbons (Fsp3) is 0.647.